The Morgan fingerprint density at radius 3 is 2.51 bits per heavy atom. The molecule has 1 aliphatic heterocycles. The number of ether oxygens (including phenoxy) is 1. The Hall–Kier alpha value is -3.73. The molecule has 1 saturated heterocycles. The van der Waals surface area contributed by atoms with Crippen molar-refractivity contribution in [2.75, 3.05) is 36.8 Å². The lowest BCUT2D eigenvalue weighted by Crippen LogP contribution is -2.63. The van der Waals surface area contributed by atoms with Gasteiger partial charge in [-0.1, -0.05) is 19.3 Å². The average molecular weight is 515 g/mol. The summed E-state index contributed by atoms with van der Waals surface area (Å²) in [5.41, 5.74) is 0.249. The third kappa shape index (κ3) is 6.53. The minimum atomic E-state index is -1.07. The summed E-state index contributed by atoms with van der Waals surface area (Å²) in [5.74, 6) is -1.23. The molecule has 2 aliphatic rings. The first kappa shape index (κ1) is 26.3. The molecule has 0 radical (unpaired) electrons. The number of nitrogens with one attached hydrogen (secondary N) is 3. The van der Waals surface area contributed by atoms with E-state index in [-0.39, 0.29) is 30.6 Å². The van der Waals surface area contributed by atoms with Gasteiger partial charge in [-0.05, 0) is 55.7 Å². The molecule has 0 spiro atoms. The number of benzene rings is 1. The first-order chi connectivity index (χ1) is 17.9. The van der Waals surface area contributed by atoms with Gasteiger partial charge >= 0.3 is 0 Å². The van der Waals surface area contributed by atoms with E-state index in [1.54, 1.807) is 36.4 Å². The highest BCUT2D eigenvalue weighted by atomic mass is 19.1. The summed E-state index contributed by atoms with van der Waals surface area (Å²) in [6.45, 7) is -0.748. The topological polar surface area (TPSA) is 130 Å². The molecule has 1 aromatic heterocycles. The van der Waals surface area contributed by atoms with Crippen LogP contribution >= 0.6 is 0 Å². The van der Waals surface area contributed by atoms with E-state index in [0.717, 1.165) is 24.9 Å². The van der Waals surface area contributed by atoms with Gasteiger partial charge in [0.2, 0.25) is 11.8 Å². The second-order valence-corrected chi connectivity index (χ2v) is 9.33. The summed E-state index contributed by atoms with van der Waals surface area (Å²) in [6, 6.07) is 9.45. The molecule has 2 heterocycles. The van der Waals surface area contributed by atoms with Crippen molar-refractivity contribution in [1.29, 1.82) is 0 Å². The number of halogens is 1. The minimum Gasteiger partial charge on any atom is -0.459 e. The molecule has 1 aliphatic carbocycles. The lowest BCUT2D eigenvalue weighted by molar-refractivity contribution is -0.133. The number of piperidine rings is 1. The van der Waals surface area contributed by atoms with Gasteiger partial charge in [0.15, 0.2) is 18.4 Å². The minimum absolute atomic E-state index is 0.118. The fourth-order valence-electron chi connectivity index (χ4n) is 4.83. The second-order valence-electron chi connectivity index (χ2n) is 9.33. The molecule has 0 bridgehead atoms. The first-order valence-electron chi connectivity index (χ1n) is 12.4. The van der Waals surface area contributed by atoms with E-state index < -0.39 is 30.3 Å². The van der Waals surface area contributed by atoms with E-state index >= 15 is 0 Å². The Balaban J connectivity index is 1.34. The van der Waals surface area contributed by atoms with Crippen LogP contribution in [-0.2, 0) is 19.1 Å². The Morgan fingerprint density at radius 2 is 1.86 bits per heavy atom. The van der Waals surface area contributed by atoms with Crippen LogP contribution in [0.4, 0.5) is 15.8 Å². The fourth-order valence-corrected chi connectivity index (χ4v) is 4.83. The smallest absolute Gasteiger partial charge is 0.287 e. The van der Waals surface area contributed by atoms with Gasteiger partial charge in [0.05, 0.1) is 18.8 Å². The molecule has 2 fully saturated rings. The Kier molecular flexibility index (Phi) is 8.54. The van der Waals surface area contributed by atoms with Crippen molar-refractivity contribution in [1.82, 2.24) is 10.6 Å². The number of Topliss-reactive ketones (excluding diaryl/α,β-unsaturated/α-hetero) is 1. The van der Waals surface area contributed by atoms with E-state index in [4.69, 9.17) is 4.42 Å². The standard InChI is InChI=1S/C26H31FN4O6/c27-17-36-16-23(33)28-18-6-8-19(9-7-18)31-13-10-20(21(32)15-31)29-25(35)26(11-2-1-3-12-26)30-24(34)22-5-4-14-37-22/h4-9,14,20H,1-3,10-13,15-17H2,(H,28,33)(H,29,35)(H,30,34). The van der Waals surface area contributed by atoms with E-state index in [1.807, 2.05) is 4.90 Å². The van der Waals surface area contributed by atoms with Crippen LogP contribution in [0.25, 0.3) is 0 Å². The zero-order chi connectivity index (χ0) is 26.3. The number of rotatable bonds is 9. The van der Waals surface area contributed by atoms with E-state index in [2.05, 4.69) is 20.7 Å². The molecule has 198 valence electrons. The number of furan rings is 1. The number of alkyl halides is 1. The van der Waals surface area contributed by atoms with Crippen molar-refractivity contribution in [3.05, 3.63) is 48.4 Å². The van der Waals surface area contributed by atoms with Crippen LogP contribution in [0.1, 0.15) is 49.1 Å². The molecule has 10 nitrogen and oxygen atoms in total. The molecule has 1 saturated carbocycles. The number of nitrogens with zero attached hydrogens (tertiary/aromatic N) is 1. The highest BCUT2D eigenvalue weighted by molar-refractivity contribution is 6.00. The van der Waals surface area contributed by atoms with Gasteiger partial charge in [0, 0.05) is 17.9 Å². The molecular weight excluding hydrogens is 483 g/mol. The number of hydrogen-bond acceptors (Lipinski definition) is 7. The summed E-state index contributed by atoms with van der Waals surface area (Å²) in [5, 5.41) is 8.39. The number of carbonyl (C=O) groups excluding carboxylic acids is 4. The molecule has 2 aromatic rings. The van der Waals surface area contributed by atoms with Gasteiger partial charge in [0.25, 0.3) is 5.91 Å². The van der Waals surface area contributed by atoms with E-state index in [1.165, 1.54) is 6.26 Å². The summed E-state index contributed by atoms with van der Waals surface area (Å²) < 4.78 is 21.6. The van der Waals surface area contributed by atoms with Crippen molar-refractivity contribution >= 4 is 34.9 Å². The lowest BCUT2D eigenvalue weighted by atomic mass is 9.80. The van der Waals surface area contributed by atoms with Crippen LogP contribution in [0.3, 0.4) is 0 Å². The number of carbonyl (C=O) groups is 4. The molecule has 37 heavy (non-hydrogen) atoms. The monoisotopic (exact) mass is 514 g/mol. The van der Waals surface area contributed by atoms with Crippen molar-refractivity contribution in [3.8, 4) is 0 Å². The Bertz CT molecular complexity index is 1100. The SMILES string of the molecule is O=C(COCF)Nc1ccc(N2CCC(NC(=O)C3(NC(=O)c4ccco4)CCCCC3)C(=O)C2)cc1. The molecule has 3 amide bonds. The maximum absolute atomic E-state index is 13.4. The summed E-state index contributed by atoms with van der Waals surface area (Å²) in [7, 11) is 0. The van der Waals surface area contributed by atoms with Crippen LogP contribution in [-0.4, -0.2) is 61.6 Å². The average Bonchev–Trinajstić information content (AvgIpc) is 3.45. The largest absolute Gasteiger partial charge is 0.459 e. The van der Waals surface area contributed by atoms with Gasteiger partial charge in [-0.25, -0.2) is 4.39 Å². The summed E-state index contributed by atoms with van der Waals surface area (Å²) in [4.78, 5) is 52.6. The highest BCUT2D eigenvalue weighted by Crippen LogP contribution is 2.30. The molecular formula is C26H31FN4O6. The van der Waals surface area contributed by atoms with Crippen LogP contribution in [0.2, 0.25) is 0 Å². The molecule has 1 unspecified atom stereocenters. The number of anilines is 2. The third-order valence-electron chi connectivity index (χ3n) is 6.79. The fraction of sp³-hybridized carbons (Fsp3) is 0.462. The molecule has 1 atom stereocenters. The van der Waals surface area contributed by atoms with Gasteiger partial charge in [-0.3, -0.25) is 19.2 Å². The highest BCUT2D eigenvalue weighted by Gasteiger charge is 2.43. The summed E-state index contributed by atoms with van der Waals surface area (Å²) >= 11 is 0. The maximum Gasteiger partial charge on any atom is 0.287 e. The van der Waals surface area contributed by atoms with Crippen molar-refractivity contribution in [2.45, 2.75) is 50.1 Å². The second kappa shape index (κ2) is 12.0. The van der Waals surface area contributed by atoms with Gasteiger partial charge in [-0.15, -0.1) is 0 Å². The number of hydrogen-bond donors (Lipinski definition) is 3. The van der Waals surface area contributed by atoms with E-state index in [9.17, 15) is 23.6 Å². The number of amides is 3. The molecule has 3 N–H and O–H groups in total. The van der Waals surface area contributed by atoms with Crippen LogP contribution < -0.4 is 20.9 Å². The lowest BCUT2D eigenvalue weighted by Gasteiger charge is -2.39. The third-order valence-corrected chi connectivity index (χ3v) is 6.79. The van der Waals surface area contributed by atoms with Gasteiger partial charge in [-0.2, -0.15) is 0 Å². The predicted molar refractivity (Wildman–Crippen MR) is 133 cm³/mol. The van der Waals surface area contributed by atoms with Crippen LogP contribution in [0, 0.1) is 0 Å². The first-order valence-corrected chi connectivity index (χ1v) is 12.4. The van der Waals surface area contributed by atoms with Gasteiger partial charge in [0.1, 0.15) is 12.1 Å². The molecule has 1 aromatic carbocycles. The van der Waals surface area contributed by atoms with Crippen LogP contribution in [0.15, 0.2) is 47.1 Å². The summed E-state index contributed by atoms with van der Waals surface area (Å²) in [6.07, 6.45) is 5.42. The molecule has 4 rings (SSSR count). The van der Waals surface area contributed by atoms with Crippen molar-refractivity contribution < 1.29 is 32.7 Å². The number of ketones is 1. The van der Waals surface area contributed by atoms with Crippen molar-refractivity contribution in [3.63, 3.8) is 0 Å². The quantitative estimate of drug-likeness (QED) is 0.469. The maximum atomic E-state index is 13.4. The van der Waals surface area contributed by atoms with Gasteiger partial charge < -0.3 is 30.0 Å². The molecule has 11 heteroatoms. The zero-order valence-electron chi connectivity index (χ0n) is 20.5. The van der Waals surface area contributed by atoms with E-state index in [0.29, 0.717) is 31.5 Å². The van der Waals surface area contributed by atoms with Crippen molar-refractivity contribution in [2.24, 2.45) is 0 Å². The Labute approximate surface area is 213 Å². The predicted octanol–water partition coefficient (Wildman–Crippen LogP) is 2.56. The Morgan fingerprint density at radius 1 is 1.11 bits per heavy atom. The van der Waals surface area contributed by atoms with Crippen LogP contribution in [0.5, 0.6) is 0 Å². The zero-order valence-corrected chi connectivity index (χ0v) is 20.5. The normalized spacial score (nSPS) is 19.2.